The van der Waals surface area contributed by atoms with Crippen LogP contribution in [0.15, 0.2) is 23.8 Å². The number of carbonyl (C=O) groups excluding carboxylic acids is 1. The molecule has 140 valence electrons. The van der Waals surface area contributed by atoms with Gasteiger partial charge in [-0.05, 0) is 32.4 Å². The molecular formula is C17H20F4O4. The summed E-state index contributed by atoms with van der Waals surface area (Å²) in [5, 5.41) is 10.1. The van der Waals surface area contributed by atoms with Gasteiger partial charge in [-0.15, -0.1) is 0 Å². The number of hydrogen-bond acceptors (Lipinski definition) is 4. The largest absolute Gasteiger partial charge is 0.493 e. The van der Waals surface area contributed by atoms with Gasteiger partial charge in [0, 0.05) is 12.0 Å². The summed E-state index contributed by atoms with van der Waals surface area (Å²) in [6, 6.07) is 3.74. The second-order valence-corrected chi connectivity index (χ2v) is 5.55. The van der Waals surface area contributed by atoms with Crippen LogP contribution in [0.2, 0.25) is 0 Å². The number of rotatable bonds is 6. The van der Waals surface area contributed by atoms with Crippen molar-refractivity contribution in [2.24, 2.45) is 0 Å². The van der Waals surface area contributed by atoms with Crippen molar-refractivity contribution in [2.75, 3.05) is 13.7 Å². The first-order chi connectivity index (χ1) is 11.5. The monoisotopic (exact) mass is 364 g/mol. The molecular weight excluding hydrogens is 344 g/mol. The van der Waals surface area contributed by atoms with E-state index in [9.17, 15) is 27.5 Å². The SMILES string of the molecule is CCOC(=O)C(O)(CC(=C(C)C)c1cccc(F)c1OC)C(F)(F)F. The third-order valence-electron chi connectivity index (χ3n) is 3.61. The lowest BCUT2D eigenvalue weighted by Crippen LogP contribution is -2.53. The van der Waals surface area contributed by atoms with Gasteiger partial charge in [0.2, 0.25) is 0 Å². The molecule has 8 heteroatoms. The maximum atomic E-state index is 13.9. The number of ether oxygens (including phenoxy) is 2. The summed E-state index contributed by atoms with van der Waals surface area (Å²) >= 11 is 0. The Morgan fingerprint density at radius 2 is 1.84 bits per heavy atom. The molecule has 0 radical (unpaired) electrons. The molecule has 1 rings (SSSR count). The zero-order chi connectivity index (χ0) is 19.4. The van der Waals surface area contributed by atoms with Crippen LogP contribution in [0, 0.1) is 5.82 Å². The van der Waals surface area contributed by atoms with Crippen molar-refractivity contribution in [3.8, 4) is 5.75 Å². The number of methoxy groups -OCH3 is 1. The zero-order valence-corrected chi connectivity index (χ0v) is 14.3. The molecule has 0 aliphatic carbocycles. The van der Waals surface area contributed by atoms with E-state index in [1.54, 1.807) is 0 Å². The van der Waals surface area contributed by atoms with Crippen LogP contribution in [0.5, 0.6) is 5.75 Å². The maximum Gasteiger partial charge on any atom is 0.428 e. The molecule has 4 nitrogen and oxygen atoms in total. The Labute approximate surface area is 143 Å². The highest BCUT2D eigenvalue weighted by atomic mass is 19.4. The molecule has 0 amide bonds. The molecule has 0 heterocycles. The van der Waals surface area contributed by atoms with Crippen LogP contribution in [0.1, 0.15) is 32.8 Å². The second kappa shape index (κ2) is 7.86. The van der Waals surface area contributed by atoms with Crippen molar-refractivity contribution in [3.05, 3.63) is 35.2 Å². The van der Waals surface area contributed by atoms with Crippen molar-refractivity contribution < 1.29 is 36.9 Å². The van der Waals surface area contributed by atoms with Gasteiger partial charge in [0.1, 0.15) is 0 Å². The average molecular weight is 364 g/mol. The predicted octanol–water partition coefficient (Wildman–Crippen LogP) is 3.87. The van der Waals surface area contributed by atoms with Gasteiger partial charge in [-0.1, -0.05) is 17.7 Å². The minimum atomic E-state index is -5.28. The van der Waals surface area contributed by atoms with Crippen molar-refractivity contribution in [1.29, 1.82) is 0 Å². The molecule has 0 saturated heterocycles. The summed E-state index contributed by atoms with van der Waals surface area (Å²) in [7, 11) is 1.17. The molecule has 25 heavy (non-hydrogen) atoms. The predicted molar refractivity (Wildman–Crippen MR) is 83.5 cm³/mol. The Bertz CT molecular complexity index is 663. The quantitative estimate of drug-likeness (QED) is 0.615. The van der Waals surface area contributed by atoms with Crippen LogP contribution in [0.4, 0.5) is 17.6 Å². The Morgan fingerprint density at radius 1 is 1.24 bits per heavy atom. The number of alkyl halides is 3. The van der Waals surface area contributed by atoms with Crippen LogP contribution in [0.3, 0.4) is 0 Å². The molecule has 1 atom stereocenters. The molecule has 0 aliphatic rings. The van der Waals surface area contributed by atoms with Gasteiger partial charge in [-0.25, -0.2) is 9.18 Å². The number of halogens is 4. The minimum Gasteiger partial charge on any atom is -0.493 e. The van der Waals surface area contributed by atoms with E-state index in [4.69, 9.17) is 4.74 Å². The molecule has 1 unspecified atom stereocenters. The number of carbonyl (C=O) groups is 1. The Kier molecular flexibility index (Phi) is 6.59. The summed E-state index contributed by atoms with van der Waals surface area (Å²) in [5.74, 6) is -2.85. The number of benzene rings is 1. The molecule has 0 aliphatic heterocycles. The van der Waals surface area contributed by atoms with E-state index < -0.39 is 30.0 Å². The topological polar surface area (TPSA) is 55.8 Å². The summed E-state index contributed by atoms with van der Waals surface area (Å²) in [6.07, 6.45) is -6.40. The van der Waals surface area contributed by atoms with Gasteiger partial charge in [-0.3, -0.25) is 0 Å². The molecule has 1 N–H and O–H groups in total. The van der Waals surface area contributed by atoms with Crippen LogP contribution >= 0.6 is 0 Å². The molecule has 0 aromatic heterocycles. The van der Waals surface area contributed by atoms with Crippen LogP contribution in [-0.2, 0) is 9.53 Å². The van der Waals surface area contributed by atoms with Gasteiger partial charge in [0.15, 0.2) is 11.6 Å². The first kappa shape index (κ1) is 21.0. The van der Waals surface area contributed by atoms with E-state index in [2.05, 4.69) is 4.74 Å². The minimum absolute atomic E-state index is 0.0227. The van der Waals surface area contributed by atoms with Gasteiger partial charge >= 0.3 is 12.1 Å². The number of esters is 1. The second-order valence-electron chi connectivity index (χ2n) is 5.55. The fraction of sp³-hybridized carbons (Fsp3) is 0.471. The van der Waals surface area contributed by atoms with E-state index in [0.29, 0.717) is 5.57 Å². The first-order valence-corrected chi connectivity index (χ1v) is 7.45. The number of allylic oxidation sites excluding steroid dienone is 1. The highest BCUT2D eigenvalue weighted by Gasteiger charge is 2.61. The van der Waals surface area contributed by atoms with Crippen LogP contribution in [0.25, 0.3) is 5.57 Å². The third kappa shape index (κ3) is 4.31. The van der Waals surface area contributed by atoms with Gasteiger partial charge in [0.05, 0.1) is 13.7 Å². The normalized spacial score (nSPS) is 13.8. The number of aliphatic hydroxyl groups is 1. The van der Waals surface area contributed by atoms with E-state index >= 15 is 0 Å². The third-order valence-corrected chi connectivity index (χ3v) is 3.61. The van der Waals surface area contributed by atoms with E-state index in [0.717, 1.165) is 6.07 Å². The Hall–Kier alpha value is -2.09. The van der Waals surface area contributed by atoms with E-state index in [1.807, 2.05) is 0 Å². The van der Waals surface area contributed by atoms with E-state index in [1.165, 1.54) is 40.0 Å². The first-order valence-electron chi connectivity index (χ1n) is 7.45. The maximum absolute atomic E-state index is 13.9. The lowest BCUT2D eigenvalue weighted by Gasteiger charge is -2.30. The molecule has 1 aromatic rings. The van der Waals surface area contributed by atoms with E-state index in [-0.39, 0.29) is 23.5 Å². The molecule has 0 saturated carbocycles. The lowest BCUT2D eigenvalue weighted by atomic mass is 9.87. The zero-order valence-electron chi connectivity index (χ0n) is 14.3. The van der Waals surface area contributed by atoms with Gasteiger partial charge in [0.25, 0.3) is 5.60 Å². The van der Waals surface area contributed by atoms with Crippen LogP contribution < -0.4 is 4.74 Å². The van der Waals surface area contributed by atoms with Gasteiger partial charge in [-0.2, -0.15) is 13.2 Å². The average Bonchev–Trinajstić information content (AvgIpc) is 2.50. The fourth-order valence-electron chi connectivity index (χ4n) is 2.29. The summed E-state index contributed by atoms with van der Waals surface area (Å²) in [6.45, 7) is 3.97. The standard InChI is InChI=1S/C17H20F4O4/c1-5-25-15(22)16(23,17(19,20)21)9-12(10(2)3)11-7-6-8-13(18)14(11)24-4/h6-8,23H,5,9H2,1-4H3. The van der Waals surface area contributed by atoms with Crippen molar-refractivity contribution in [1.82, 2.24) is 0 Å². The highest BCUT2D eigenvalue weighted by molar-refractivity contribution is 5.85. The van der Waals surface area contributed by atoms with Crippen LogP contribution in [-0.4, -0.2) is 36.6 Å². The van der Waals surface area contributed by atoms with Crippen molar-refractivity contribution in [2.45, 2.75) is 39.0 Å². The summed E-state index contributed by atoms with van der Waals surface area (Å²) in [5.41, 5.74) is -3.44. The highest BCUT2D eigenvalue weighted by Crippen LogP contribution is 2.42. The molecule has 0 bridgehead atoms. The van der Waals surface area contributed by atoms with Crippen molar-refractivity contribution >= 4 is 11.5 Å². The Balaban J connectivity index is 3.50. The van der Waals surface area contributed by atoms with Crippen molar-refractivity contribution in [3.63, 3.8) is 0 Å². The lowest BCUT2D eigenvalue weighted by molar-refractivity contribution is -0.260. The summed E-state index contributed by atoms with van der Waals surface area (Å²) < 4.78 is 63.4. The number of para-hydroxylation sites is 1. The number of hydrogen-bond donors (Lipinski definition) is 1. The molecule has 0 spiro atoms. The molecule has 0 fully saturated rings. The fourth-order valence-corrected chi connectivity index (χ4v) is 2.29. The smallest absolute Gasteiger partial charge is 0.428 e. The van der Waals surface area contributed by atoms with Gasteiger partial charge < -0.3 is 14.6 Å². The molecule has 1 aromatic carbocycles. The Morgan fingerprint density at radius 3 is 2.28 bits per heavy atom. The summed E-state index contributed by atoms with van der Waals surface area (Å²) in [4.78, 5) is 11.8.